The normalized spacial score (nSPS) is 10.8. The van der Waals surface area contributed by atoms with Crippen LogP contribution in [0.1, 0.15) is 5.56 Å². The third kappa shape index (κ3) is 0.812. The minimum absolute atomic E-state index is 0.0291. The second-order valence-electron chi connectivity index (χ2n) is 2.62. The summed E-state index contributed by atoms with van der Waals surface area (Å²) in [6, 6.07) is 3.21. The van der Waals surface area contributed by atoms with E-state index in [1.807, 2.05) is 0 Å². The smallest absolute Gasteiger partial charge is 0.417 e. The lowest BCUT2D eigenvalue weighted by Crippen LogP contribution is -1.92. The lowest BCUT2D eigenvalue weighted by molar-refractivity contribution is 0.480. The number of phenolic OH excluding ortho intramolecular Hbond substituents is 1. The molecule has 1 aromatic carbocycles. The van der Waals surface area contributed by atoms with Gasteiger partial charge in [0.15, 0.2) is 5.58 Å². The van der Waals surface area contributed by atoms with Crippen LogP contribution in [0.4, 0.5) is 0 Å². The Balaban J connectivity index is 3.03. The number of oxazole rings is 1. The number of H-pyrrole nitrogens is 1. The fraction of sp³-hybridized carbons (Fsp3) is 0.125. The van der Waals surface area contributed by atoms with Gasteiger partial charge >= 0.3 is 5.76 Å². The topological polar surface area (TPSA) is 66.2 Å². The third-order valence-corrected chi connectivity index (χ3v) is 1.75. The number of nitrogens with one attached hydrogen (secondary N) is 1. The van der Waals surface area contributed by atoms with Gasteiger partial charge in [-0.25, -0.2) is 4.79 Å². The fourth-order valence-electron chi connectivity index (χ4n) is 1.15. The first-order valence-corrected chi connectivity index (χ1v) is 3.50. The molecule has 1 aromatic heterocycles. The van der Waals surface area contributed by atoms with Crippen LogP contribution in [-0.2, 0) is 0 Å². The number of fused-ring (bicyclic) bond motifs is 1. The average molecular weight is 165 g/mol. The van der Waals surface area contributed by atoms with Crippen LogP contribution >= 0.6 is 0 Å². The number of hydrogen-bond donors (Lipinski definition) is 2. The Bertz CT molecular complexity index is 438. The average Bonchev–Trinajstić information content (AvgIpc) is 2.41. The number of hydrogen-bond acceptors (Lipinski definition) is 3. The van der Waals surface area contributed by atoms with E-state index in [1.54, 1.807) is 13.0 Å². The predicted octanol–water partition coefficient (Wildman–Crippen LogP) is 1.14. The molecule has 2 N–H and O–H groups in total. The first-order chi connectivity index (χ1) is 5.68. The molecule has 62 valence electrons. The molecule has 0 saturated carbocycles. The molecule has 0 unspecified atom stereocenters. The van der Waals surface area contributed by atoms with Gasteiger partial charge in [-0.2, -0.15) is 0 Å². The molecular formula is C8H7NO3. The summed E-state index contributed by atoms with van der Waals surface area (Å²) < 4.78 is 4.81. The third-order valence-electron chi connectivity index (χ3n) is 1.75. The highest BCUT2D eigenvalue weighted by Gasteiger charge is 2.07. The van der Waals surface area contributed by atoms with Crippen molar-refractivity contribution in [3.63, 3.8) is 0 Å². The van der Waals surface area contributed by atoms with Crippen LogP contribution in [0.2, 0.25) is 0 Å². The van der Waals surface area contributed by atoms with Gasteiger partial charge < -0.3 is 9.52 Å². The minimum atomic E-state index is -0.547. The van der Waals surface area contributed by atoms with E-state index < -0.39 is 5.76 Å². The Morgan fingerprint density at radius 2 is 2.25 bits per heavy atom. The molecule has 0 spiro atoms. The maximum Gasteiger partial charge on any atom is 0.417 e. The van der Waals surface area contributed by atoms with E-state index in [0.717, 1.165) is 5.56 Å². The van der Waals surface area contributed by atoms with Crippen molar-refractivity contribution in [2.24, 2.45) is 0 Å². The molecule has 0 aliphatic carbocycles. The van der Waals surface area contributed by atoms with E-state index in [0.29, 0.717) is 11.1 Å². The van der Waals surface area contributed by atoms with Gasteiger partial charge in [-0.15, -0.1) is 0 Å². The molecule has 4 heteroatoms. The van der Waals surface area contributed by atoms with Gasteiger partial charge in [0.25, 0.3) is 0 Å². The zero-order valence-electron chi connectivity index (χ0n) is 6.42. The molecule has 0 aliphatic rings. The highest BCUT2D eigenvalue weighted by molar-refractivity contribution is 5.81. The maximum absolute atomic E-state index is 10.8. The van der Waals surface area contributed by atoms with Gasteiger partial charge in [-0.3, -0.25) is 4.98 Å². The van der Waals surface area contributed by atoms with E-state index in [1.165, 1.54) is 6.07 Å². The van der Waals surface area contributed by atoms with Crippen molar-refractivity contribution in [1.29, 1.82) is 0 Å². The summed E-state index contributed by atoms with van der Waals surface area (Å²) in [6.45, 7) is 1.80. The number of aromatic nitrogens is 1. The van der Waals surface area contributed by atoms with Gasteiger partial charge in [-0.05, 0) is 18.6 Å². The first kappa shape index (κ1) is 6.97. The van der Waals surface area contributed by atoms with Gasteiger partial charge in [0.1, 0.15) is 11.3 Å². The van der Waals surface area contributed by atoms with Crippen LogP contribution in [0.3, 0.4) is 0 Å². The molecule has 4 nitrogen and oxygen atoms in total. The number of aromatic hydroxyl groups is 1. The highest BCUT2D eigenvalue weighted by Crippen LogP contribution is 2.23. The molecule has 2 aromatic rings. The van der Waals surface area contributed by atoms with Gasteiger partial charge in [0.2, 0.25) is 0 Å². The summed E-state index contributed by atoms with van der Waals surface area (Å²) >= 11 is 0. The van der Waals surface area contributed by atoms with Crippen LogP contribution in [0.5, 0.6) is 5.75 Å². The zero-order valence-corrected chi connectivity index (χ0v) is 6.42. The van der Waals surface area contributed by atoms with Crippen LogP contribution in [0, 0.1) is 6.92 Å². The summed E-state index contributed by atoms with van der Waals surface area (Å²) in [5.41, 5.74) is 1.60. The van der Waals surface area contributed by atoms with E-state index in [2.05, 4.69) is 4.98 Å². The minimum Gasteiger partial charge on any atom is -0.506 e. The van der Waals surface area contributed by atoms with E-state index in [9.17, 15) is 9.90 Å². The summed E-state index contributed by atoms with van der Waals surface area (Å²) in [5, 5.41) is 9.28. The van der Waals surface area contributed by atoms with E-state index in [4.69, 9.17) is 4.42 Å². The molecular weight excluding hydrogens is 158 g/mol. The molecule has 0 bridgehead atoms. The Kier molecular flexibility index (Phi) is 1.24. The van der Waals surface area contributed by atoms with Crippen molar-refractivity contribution in [2.45, 2.75) is 6.92 Å². The zero-order chi connectivity index (χ0) is 8.72. The van der Waals surface area contributed by atoms with Crippen LogP contribution in [0.15, 0.2) is 21.3 Å². The number of rotatable bonds is 0. The molecule has 1 heterocycles. The lowest BCUT2D eigenvalue weighted by atomic mass is 10.2. The SMILES string of the molecule is Cc1ccc(O)c2[nH]c(=O)oc12. The Labute approximate surface area is 67.4 Å². The van der Waals surface area contributed by atoms with Crippen LogP contribution in [-0.4, -0.2) is 10.1 Å². The number of benzene rings is 1. The Morgan fingerprint density at radius 3 is 2.92 bits per heavy atom. The standard InChI is InChI=1S/C8H7NO3/c1-4-2-3-5(10)6-7(4)12-8(11)9-6/h2-3,10H,1H3,(H,9,11). The predicted molar refractivity (Wildman–Crippen MR) is 43.2 cm³/mol. The Morgan fingerprint density at radius 1 is 1.50 bits per heavy atom. The van der Waals surface area contributed by atoms with Crippen molar-refractivity contribution >= 4 is 11.1 Å². The van der Waals surface area contributed by atoms with Crippen molar-refractivity contribution in [1.82, 2.24) is 4.98 Å². The van der Waals surface area contributed by atoms with Gasteiger partial charge in [0.05, 0.1) is 0 Å². The van der Waals surface area contributed by atoms with Crippen molar-refractivity contribution in [3.05, 3.63) is 28.2 Å². The second kappa shape index (κ2) is 2.14. The summed E-state index contributed by atoms with van der Waals surface area (Å²) in [6.07, 6.45) is 0. The van der Waals surface area contributed by atoms with Crippen molar-refractivity contribution in [2.75, 3.05) is 0 Å². The van der Waals surface area contributed by atoms with E-state index in [-0.39, 0.29) is 5.75 Å². The molecule has 0 aliphatic heterocycles. The number of aromatic amines is 1. The maximum atomic E-state index is 10.8. The summed E-state index contributed by atoms with van der Waals surface area (Å²) in [5.74, 6) is -0.518. The second-order valence-corrected chi connectivity index (χ2v) is 2.62. The fourth-order valence-corrected chi connectivity index (χ4v) is 1.15. The largest absolute Gasteiger partial charge is 0.506 e. The lowest BCUT2D eigenvalue weighted by Gasteiger charge is -1.94. The van der Waals surface area contributed by atoms with Gasteiger partial charge in [0, 0.05) is 0 Å². The van der Waals surface area contributed by atoms with Gasteiger partial charge in [-0.1, -0.05) is 6.07 Å². The molecule has 0 atom stereocenters. The molecule has 12 heavy (non-hydrogen) atoms. The van der Waals surface area contributed by atoms with E-state index >= 15 is 0 Å². The number of aryl methyl sites for hydroxylation is 1. The van der Waals surface area contributed by atoms with Crippen LogP contribution in [0.25, 0.3) is 11.1 Å². The number of phenols is 1. The molecule has 0 saturated heterocycles. The van der Waals surface area contributed by atoms with Crippen LogP contribution < -0.4 is 5.76 Å². The first-order valence-electron chi connectivity index (χ1n) is 3.50. The molecule has 0 fully saturated rings. The Hall–Kier alpha value is -1.71. The molecule has 2 rings (SSSR count). The highest BCUT2D eigenvalue weighted by atomic mass is 16.4. The van der Waals surface area contributed by atoms with Crippen molar-refractivity contribution in [3.8, 4) is 5.75 Å². The summed E-state index contributed by atoms with van der Waals surface area (Å²) in [7, 11) is 0. The quantitative estimate of drug-likeness (QED) is 0.615. The monoisotopic (exact) mass is 165 g/mol. The van der Waals surface area contributed by atoms with Crippen molar-refractivity contribution < 1.29 is 9.52 Å². The molecule has 0 amide bonds. The summed E-state index contributed by atoms with van der Waals surface area (Å²) in [4.78, 5) is 13.2. The molecule has 0 radical (unpaired) electrons.